The van der Waals surface area contributed by atoms with Gasteiger partial charge in [-0.25, -0.2) is 4.99 Å². The van der Waals surface area contributed by atoms with E-state index in [-0.39, 0.29) is 6.04 Å². The van der Waals surface area contributed by atoms with Gasteiger partial charge >= 0.3 is 0 Å². The van der Waals surface area contributed by atoms with Gasteiger partial charge < -0.3 is 9.13 Å². The van der Waals surface area contributed by atoms with E-state index in [0.29, 0.717) is 5.56 Å². The third-order valence-electron chi connectivity index (χ3n) is 9.03. The highest BCUT2D eigenvalue weighted by molar-refractivity contribution is 6.10. The van der Waals surface area contributed by atoms with Crippen molar-refractivity contribution in [3.8, 4) is 23.7 Å². The van der Waals surface area contributed by atoms with E-state index in [1.54, 1.807) is 6.08 Å². The molecule has 4 nitrogen and oxygen atoms in total. The van der Waals surface area contributed by atoms with Crippen molar-refractivity contribution in [3.05, 3.63) is 126 Å². The lowest BCUT2D eigenvalue weighted by atomic mass is 9.91. The van der Waals surface area contributed by atoms with Crippen LogP contribution in [0.2, 0.25) is 0 Å². The Morgan fingerprint density at radius 1 is 0.860 bits per heavy atom. The summed E-state index contributed by atoms with van der Waals surface area (Å²) in [6, 6.07) is 35.1. The summed E-state index contributed by atoms with van der Waals surface area (Å²) >= 11 is 0. The van der Waals surface area contributed by atoms with Gasteiger partial charge in [0, 0.05) is 45.2 Å². The number of nitriles is 1. The smallest absolute Gasteiger partial charge is 0.0998 e. The Kier molecular flexibility index (Phi) is 5.88. The fraction of sp³-hybridized carbons (Fsp3) is 0.128. The van der Waals surface area contributed by atoms with E-state index in [4.69, 9.17) is 0 Å². The van der Waals surface area contributed by atoms with Gasteiger partial charge in [-0.2, -0.15) is 5.26 Å². The number of aromatic nitrogens is 2. The van der Waals surface area contributed by atoms with Gasteiger partial charge in [-0.15, -0.1) is 0 Å². The molecule has 0 bridgehead atoms. The van der Waals surface area contributed by atoms with Crippen LogP contribution in [0.3, 0.4) is 0 Å². The van der Waals surface area contributed by atoms with Gasteiger partial charge in [0.2, 0.25) is 0 Å². The quantitative estimate of drug-likeness (QED) is 0.202. The third-order valence-corrected chi connectivity index (χ3v) is 9.03. The van der Waals surface area contributed by atoms with E-state index in [9.17, 15) is 5.26 Å². The van der Waals surface area contributed by atoms with Crippen LogP contribution in [0.4, 0.5) is 0 Å². The highest BCUT2D eigenvalue weighted by atomic mass is 15.0. The molecule has 4 aromatic carbocycles. The number of rotatable bonds is 4. The maximum absolute atomic E-state index is 10.2. The number of aliphatic imine (C=N–C) groups is 1. The van der Waals surface area contributed by atoms with Gasteiger partial charge in [-0.05, 0) is 84.7 Å². The fourth-order valence-electron chi connectivity index (χ4n) is 7.18. The van der Waals surface area contributed by atoms with Crippen molar-refractivity contribution in [2.75, 3.05) is 0 Å². The maximum atomic E-state index is 10.2. The average Bonchev–Trinajstić information content (AvgIpc) is 3.46. The second kappa shape index (κ2) is 10.1. The van der Waals surface area contributed by atoms with Crippen LogP contribution in [0.5, 0.6) is 0 Å². The van der Waals surface area contributed by atoms with Crippen LogP contribution in [-0.2, 0) is 12.8 Å². The highest BCUT2D eigenvalue weighted by Gasteiger charge is 2.29. The number of hydrogen-bond acceptors (Lipinski definition) is 2. The van der Waals surface area contributed by atoms with E-state index in [0.717, 1.165) is 46.3 Å². The SMILES string of the molecule is C=Cc1cc(C2=CC#CN=CC2n2c3c(c4ccccc42)CCCC3)c(-n2c3ccccc3c3ccccc32)cc1C#N. The van der Waals surface area contributed by atoms with Gasteiger partial charge in [0.25, 0.3) is 0 Å². The molecule has 2 aromatic heterocycles. The number of para-hydroxylation sites is 3. The first-order valence-corrected chi connectivity index (χ1v) is 14.8. The lowest BCUT2D eigenvalue weighted by Crippen LogP contribution is -2.18. The predicted octanol–water partition coefficient (Wildman–Crippen LogP) is 8.80. The molecule has 4 heteroatoms. The first-order chi connectivity index (χ1) is 21.3. The molecule has 0 N–H and O–H groups in total. The van der Waals surface area contributed by atoms with Gasteiger partial charge in [-0.1, -0.05) is 67.3 Å². The molecule has 43 heavy (non-hydrogen) atoms. The number of allylic oxidation sites excluding steroid dienone is 2. The first kappa shape index (κ1) is 25.2. The Hall–Kier alpha value is -5.58. The molecular weight excluding hydrogens is 524 g/mol. The maximum Gasteiger partial charge on any atom is 0.0998 e. The Bertz CT molecular complexity index is 2230. The molecule has 8 rings (SSSR count). The standard InChI is InChI=1S/C39H28N4/c1-2-26-22-33(38(23-27(26)24-40)42-34-17-7-3-12-28(34)29-13-4-8-18-35(29)42)32-16-11-21-41-25-39(32)43-36-19-9-5-14-30(36)31-15-6-10-20-37(31)43/h2-5,7-9,12-14,16-19,22-23,25,39H,1,6,10,15,20H2. The number of aryl methyl sites for hydroxylation is 1. The van der Waals surface area contributed by atoms with Crippen LogP contribution < -0.4 is 0 Å². The lowest BCUT2D eigenvalue weighted by Gasteiger charge is -2.26. The van der Waals surface area contributed by atoms with Gasteiger partial charge in [0.05, 0.1) is 34.4 Å². The Morgan fingerprint density at radius 2 is 1.53 bits per heavy atom. The van der Waals surface area contributed by atoms with Gasteiger partial charge in [0.15, 0.2) is 0 Å². The van der Waals surface area contributed by atoms with Crippen LogP contribution in [0.15, 0.2) is 103 Å². The summed E-state index contributed by atoms with van der Waals surface area (Å²) in [7, 11) is 0. The minimum atomic E-state index is -0.188. The van der Waals surface area contributed by atoms with Crippen molar-refractivity contribution in [2.45, 2.75) is 31.7 Å². The van der Waals surface area contributed by atoms with E-state index in [1.807, 2.05) is 18.4 Å². The largest absolute Gasteiger partial charge is 0.332 e. The summed E-state index contributed by atoms with van der Waals surface area (Å²) in [6.07, 6.45) is 10.3. The number of hydrogen-bond donors (Lipinski definition) is 0. The second-order valence-electron chi connectivity index (χ2n) is 11.2. The molecule has 204 valence electrons. The van der Waals surface area contributed by atoms with Crippen LogP contribution in [-0.4, -0.2) is 15.3 Å². The molecule has 3 heterocycles. The molecule has 6 aromatic rings. The highest BCUT2D eigenvalue weighted by Crippen LogP contribution is 2.42. The topological polar surface area (TPSA) is 46.0 Å². The molecular formula is C39H28N4. The summed E-state index contributed by atoms with van der Waals surface area (Å²) in [5.41, 5.74) is 10.6. The van der Waals surface area contributed by atoms with Crippen molar-refractivity contribution in [1.29, 1.82) is 5.26 Å². The Balaban J connectivity index is 1.46. The molecule has 1 aliphatic heterocycles. The summed E-state index contributed by atoms with van der Waals surface area (Å²) in [5, 5.41) is 13.9. The van der Waals surface area contributed by atoms with E-state index >= 15 is 0 Å². The first-order valence-electron chi connectivity index (χ1n) is 14.8. The molecule has 1 atom stereocenters. The van der Waals surface area contributed by atoms with E-state index in [1.165, 1.54) is 45.8 Å². The second-order valence-corrected chi connectivity index (χ2v) is 11.2. The molecule has 0 spiro atoms. The van der Waals surface area contributed by atoms with Gasteiger partial charge in [0.1, 0.15) is 0 Å². The normalized spacial score (nSPS) is 15.9. The molecule has 0 saturated heterocycles. The zero-order chi connectivity index (χ0) is 28.9. The van der Waals surface area contributed by atoms with Crippen molar-refractivity contribution in [3.63, 3.8) is 0 Å². The molecule has 0 saturated carbocycles. The summed E-state index contributed by atoms with van der Waals surface area (Å²) < 4.78 is 4.78. The van der Waals surface area contributed by atoms with Crippen LogP contribution in [0.1, 0.15) is 46.8 Å². The molecule has 0 fully saturated rings. The van der Waals surface area contributed by atoms with E-state index in [2.05, 4.69) is 118 Å². The van der Waals surface area contributed by atoms with Crippen LogP contribution in [0, 0.1) is 23.3 Å². The summed E-state index contributed by atoms with van der Waals surface area (Å²) in [5.74, 6) is 3.21. The average molecular weight is 553 g/mol. The Morgan fingerprint density at radius 3 is 2.26 bits per heavy atom. The number of benzene rings is 4. The fourth-order valence-corrected chi connectivity index (χ4v) is 7.18. The van der Waals surface area contributed by atoms with Crippen molar-refractivity contribution < 1.29 is 0 Å². The predicted molar refractivity (Wildman–Crippen MR) is 177 cm³/mol. The zero-order valence-corrected chi connectivity index (χ0v) is 23.7. The van der Waals surface area contributed by atoms with Gasteiger partial charge in [-0.3, -0.25) is 0 Å². The monoisotopic (exact) mass is 552 g/mol. The van der Waals surface area contributed by atoms with E-state index < -0.39 is 0 Å². The van der Waals surface area contributed by atoms with Crippen molar-refractivity contribution >= 4 is 50.6 Å². The number of nitrogens with zero attached hydrogens (tertiary/aromatic N) is 4. The minimum Gasteiger partial charge on any atom is -0.332 e. The minimum absolute atomic E-state index is 0.188. The molecule has 0 radical (unpaired) electrons. The summed E-state index contributed by atoms with van der Waals surface area (Å²) in [4.78, 5) is 4.57. The Labute approximate surface area is 250 Å². The molecule has 2 aliphatic rings. The zero-order valence-electron chi connectivity index (χ0n) is 23.7. The third kappa shape index (κ3) is 3.81. The van der Waals surface area contributed by atoms with Crippen molar-refractivity contribution in [1.82, 2.24) is 9.13 Å². The van der Waals surface area contributed by atoms with Crippen LogP contribution in [0.25, 0.3) is 50.0 Å². The lowest BCUT2D eigenvalue weighted by molar-refractivity contribution is 0.634. The summed E-state index contributed by atoms with van der Waals surface area (Å²) in [6.45, 7) is 4.07. The van der Waals surface area contributed by atoms with Crippen LogP contribution >= 0.6 is 0 Å². The molecule has 1 aliphatic carbocycles. The molecule has 0 amide bonds. The van der Waals surface area contributed by atoms with Crippen molar-refractivity contribution in [2.24, 2.45) is 4.99 Å². The number of fused-ring (bicyclic) bond motifs is 6. The molecule has 1 unspecified atom stereocenters.